The summed E-state index contributed by atoms with van der Waals surface area (Å²) in [7, 11) is 0. The molecule has 4 nitrogen and oxygen atoms in total. The van der Waals surface area contributed by atoms with Crippen LogP contribution in [0.3, 0.4) is 0 Å². The highest BCUT2D eigenvalue weighted by Gasteiger charge is 2.10. The lowest BCUT2D eigenvalue weighted by atomic mass is 9.92. The van der Waals surface area contributed by atoms with Gasteiger partial charge in [-0.3, -0.25) is 4.79 Å². The van der Waals surface area contributed by atoms with E-state index in [-0.39, 0.29) is 17.9 Å². The van der Waals surface area contributed by atoms with Crippen LogP contribution in [0.25, 0.3) is 6.08 Å². The molecule has 0 aliphatic heterocycles. The highest BCUT2D eigenvalue weighted by atomic mass is 32.2. The summed E-state index contributed by atoms with van der Waals surface area (Å²) in [5.41, 5.74) is 3.80. The summed E-state index contributed by atoms with van der Waals surface area (Å²) in [5, 5.41) is 18.1. The third-order valence-electron chi connectivity index (χ3n) is 5.62. The van der Waals surface area contributed by atoms with Crippen LogP contribution in [0.5, 0.6) is 0 Å². The van der Waals surface area contributed by atoms with Crippen molar-refractivity contribution in [3.63, 3.8) is 0 Å². The SMILES string of the molecule is O=C(O)CCCCC(/C=C/c1ccccc1SCc1ccccc1)Cc1ccc(C(=O)O)cc1. The lowest BCUT2D eigenvalue weighted by Gasteiger charge is -2.14. The maximum atomic E-state index is 11.1. The third-order valence-corrected chi connectivity index (χ3v) is 6.78. The van der Waals surface area contributed by atoms with Crippen molar-refractivity contribution in [1.29, 1.82) is 0 Å². The normalized spacial score (nSPS) is 12.0. The van der Waals surface area contributed by atoms with E-state index in [4.69, 9.17) is 10.2 Å². The van der Waals surface area contributed by atoms with E-state index >= 15 is 0 Å². The molecule has 0 saturated heterocycles. The van der Waals surface area contributed by atoms with Crippen LogP contribution in [0.4, 0.5) is 0 Å². The molecule has 0 aromatic heterocycles. The zero-order chi connectivity index (χ0) is 24.2. The van der Waals surface area contributed by atoms with E-state index < -0.39 is 11.9 Å². The molecule has 3 rings (SSSR count). The molecule has 1 unspecified atom stereocenters. The summed E-state index contributed by atoms with van der Waals surface area (Å²) in [5.74, 6) is -0.557. The number of aliphatic carboxylic acids is 1. The first kappa shape index (κ1) is 25.3. The summed E-state index contributed by atoms with van der Waals surface area (Å²) in [6.45, 7) is 0. The van der Waals surface area contributed by atoms with Gasteiger partial charge in [0, 0.05) is 17.1 Å². The number of rotatable bonds is 13. The quantitative estimate of drug-likeness (QED) is 0.202. The van der Waals surface area contributed by atoms with Crippen LogP contribution in [0.2, 0.25) is 0 Å². The second-order valence-electron chi connectivity index (χ2n) is 8.28. The number of carbonyl (C=O) groups is 2. The van der Waals surface area contributed by atoms with Crippen molar-refractivity contribution < 1.29 is 19.8 Å². The summed E-state index contributed by atoms with van der Waals surface area (Å²) in [6.07, 6.45) is 7.71. The predicted molar refractivity (Wildman–Crippen MR) is 138 cm³/mol. The first-order valence-electron chi connectivity index (χ1n) is 11.5. The van der Waals surface area contributed by atoms with Crippen LogP contribution < -0.4 is 0 Å². The van der Waals surface area contributed by atoms with Crippen LogP contribution in [-0.4, -0.2) is 22.2 Å². The molecule has 0 heterocycles. The van der Waals surface area contributed by atoms with Crippen molar-refractivity contribution in [1.82, 2.24) is 0 Å². The minimum absolute atomic E-state index is 0.183. The molecule has 0 amide bonds. The number of hydrogen-bond donors (Lipinski definition) is 2. The van der Waals surface area contributed by atoms with Gasteiger partial charge in [-0.05, 0) is 60.1 Å². The minimum atomic E-state index is -0.929. The van der Waals surface area contributed by atoms with Gasteiger partial charge < -0.3 is 10.2 Å². The molecule has 0 radical (unpaired) electrons. The summed E-state index contributed by atoms with van der Waals surface area (Å²) < 4.78 is 0. The van der Waals surface area contributed by atoms with Crippen LogP contribution in [0.15, 0.2) is 89.8 Å². The lowest BCUT2D eigenvalue weighted by molar-refractivity contribution is -0.137. The molecule has 3 aromatic carbocycles. The molecule has 1 atom stereocenters. The van der Waals surface area contributed by atoms with Crippen molar-refractivity contribution in [3.05, 3.63) is 107 Å². The smallest absolute Gasteiger partial charge is 0.335 e. The van der Waals surface area contributed by atoms with Gasteiger partial charge in [-0.25, -0.2) is 4.79 Å². The molecule has 0 saturated carbocycles. The molecule has 2 N–H and O–H groups in total. The third kappa shape index (κ3) is 8.56. The summed E-state index contributed by atoms with van der Waals surface area (Å²) >= 11 is 1.81. The first-order chi connectivity index (χ1) is 16.5. The first-order valence-corrected chi connectivity index (χ1v) is 12.5. The largest absolute Gasteiger partial charge is 0.481 e. The average Bonchev–Trinajstić information content (AvgIpc) is 2.85. The zero-order valence-electron chi connectivity index (χ0n) is 19.1. The predicted octanol–water partition coefficient (Wildman–Crippen LogP) is 7.19. The maximum Gasteiger partial charge on any atom is 0.335 e. The monoisotopic (exact) mass is 474 g/mol. The van der Waals surface area contributed by atoms with Gasteiger partial charge in [0.25, 0.3) is 0 Å². The van der Waals surface area contributed by atoms with Gasteiger partial charge in [0.05, 0.1) is 5.56 Å². The Balaban J connectivity index is 1.70. The van der Waals surface area contributed by atoms with E-state index in [0.29, 0.717) is 6.42 Å². The van der Waals surface area contributed by atoms with Gasteiger partial charge in [0.2, 0.25) is 0 Å². The molecule has 0 bridgehead atoms. The van der Waals surface area contributed by atoms with Crippen molar-refractivity contribution in [2.45, 2.75) is 42.8 Å². The molecule has 176 valence electrons. The van der Waals surface area contributed by atoms with E-state index in [1.165, 1.54) is 16.0 Å². The zero-order valence-corrected chi connectivity index (χ0v) is 19.9. The fourth-order valence-corrected chi connectivity index (χ4v) is 4.75. The molecule has 0 aliphatic rings. The van der Waals surface area contributed by atoms with Crippen molar-refractivity contribution in [2.75, 3.05) is 0 Å². The molecule has 34 heavy (non-hydrogen) atoms. The molecular weight excluding hydrogens is 444 g/mol. The molecule has 3 aromatic rings. The van der Waals surface area contributed by atoms with Gasteiger partial charge in [0.1, 0.15) is 0 Å². The number of unbranched alkanes of at least 4 members (excludes halogenated alkanes) is 1. The number of thioether (sulfide) groups is 1. The fraction of sp³-hybridized carbons (Fsp3) is 0.241. The van der Waals surface area contributed by atoms with Crippen LogP contribution >= 0.6 is 11.8 Å². The second-order valence-corrected chi connectivity index (χ2v) is 9.29. The number of aromatic carboxylic acids is 1. The van der Waals surface area contributed by atoms with E-state index in [9.17, 15) is 9.59 Å². The Morgan fingerprint density at radius 3 is 2.24 bits per heavy atom. The fourth-order valence-electron chi connectivity index (χ4n) is 3.76. The van der Waals surface area contributed by atoms with E-state index in [1.807, 2.05) is 36.0 Å². The Morgan fingerprint density at radius 2 is 1.53 bits per heavy atom. The lowest BCUT2D eigenvalue weighted by Crippen LogP contribution is -2.04. The summed E-state index contributed by atoms with van der Waals surface area (Å²) in [6, 6.07) is 25.8. The topological polar surface area (TPSA) is 74.6 Å². The highest BCUT2D eigenvalue weighted by Crippen LogP contribution is 2.28. The number of hydrogen-bond acceptors (Lipinski definition) is 3. The van der Waals surface area contributed by atoms with Crippen LogP contribution in [0.1, 0.15) is 52.7 Å². The molecule has 0 spiro atoms. The van der Waals surface area contributed by atoms with E-state index in [2.05, 4.69) is 54.6 Å². The van der Waals surface area contributed by atoms with Gasteiger partial charge in [0.15, 0.2) is 0 Å². The van der Waals surface area contributed by atoms with Crippen molar-refractivity contribution in [2.24, 2.45) is 5.92 Å². The molecular formula is C29H30O4S. The number of benzene rings is 3. The van der Waals surface area contributed by atoms with Crippen molar-refractivity contribution in [3.8, 4) is 0 Å². The van der Waals surface area contributed by atoms with Crippen LogP contribution in [-0.2, 0) is 17.0 Å². The Labute approximate surface area is 205 Å². The minimum Gasteiger partial charge on any atom is -0.481 e. The Kier molecular flexibility index (Phi) is 9.98. The maximum absolute atomic E-state index is 11.1. The Morgan fingerprint density at radius 1 is 0.824 bits per heavy atom. The Hall–Kier alpha value is -3.31. The van der Waals surface area contributed by atoms with Gasteiger partial charge in [-0.15, -0.1) is 11.8 Å². The highest BCUT2D eigenvalue weighted by molar-refractivity contribution is 7.98. The van der Waals surface area contributed by atoms with E-state index in [0.717, 1.165) is 30.6 Å². The van der Waals surface area contributed by atoms with Crippen LogP contribution in [0, 0.1) is 5.92 Å². The van der Waals surface area contributed by atoms with Crippen molar-refractivity contribution >= 4 is 29.8 Å². The standard InChI is InChI=1S/C29H30O4S/c30-28(31)13-7-4-8-22(20-23-15-18-26(19-16-23)29(32)33)14-17-25-11-5-6-12-27(25)34-21-24-9-2-1-3-10-24/h1-3,5-6,9-12,14-19,22H,4,7-8,13,20-21H2,(H,30,31)(H,32,33)/b17-14+. The Bertz CT molecular complexity index is 1090. The number of carboxylic acids is 2. The molecule has 0 aliphatic carbocycles. The average molecular weight is 475 g/mol. The van der Waals surface area contributed by atoms with E-state index in [1.54, 1.807) is 12.1 Å². The summed E-state index contributed by atoms with van der Waals surface area (Å²) in [4.78, 5) is 23.2. The van der Waals surface area contributed by atoms with Gasteiger partial charge in [-0.1, -0.05) is 79.2 Å². The van der Waals surface area contributed by atoms with Gasteiger partial charge in [-0.2, -0.15) is 0 Å². The second kappa shape index (κ2) is 13.4. The van der Waals surface area contributed by atoms with Gasteiger partial charge >= 0.3 is 11.9 Å². The molecule has 5 heteroatoms. The molecule has 0 fully saturated rings. The number of carboxylic acid groups (broad SMARTS) is 2. The number of allylic oxidation sites excluding steroid dienone is 1.